The van der Waals surface area contributed by atoms with Crippen LogP contribution >= 0.6 is 0 Å². The molecule has 1 aliphatic rings. The number of hydrogen-bond donors (Lipinski definition) is 0. The maximum atomic E-state index is 13.2. The van der Waals surface area contributed by atoms with Gasteiger partial charge in [-0.15, -0.1) is 0 Å². The lowest BCUT2D eigenvalue weighted by atomic mass is 10.1. The van der Waals surface area contributed by atoms with E-state index in [0.717, 1.165) is 23.6 Å². The Labute approximate surface area is 136 Å². The third-order valence-corrected chi connectivity index (χ3v) is 4.00. The van der Waals surface area contributed by atoms with Crippen molar-refractivity contribution in [3.05, 3.63) is 52.3 Å². The van der Waals surface area contributed by atoms with Crippen molar-refractivity contribution in [2.75, 3.05) is 6.61 Å². The molecule has 1 atom stereocenters. The van der Waals surface area contributed by atoms with E-state index < -0.39 is 17.3 Å². The monoisotopic (exact) mass is 338 g/mol. The lowest BCUT2D eigenvalue weighted by molar-refractivity contribution is -0.139. The number of hydrogen-bond acceptors (Lipinski definition) is 3. The Balaban J connectivity index is 2.04. The van der Waals surface area contributed by atoms with Gasteiger partial charge >= 0.3 is 6.18 Å². The highest BCUT2D eigenvalue weighted by Crippen LogP contribution is 2.29. The molecule has 0 spiro atoms. The van der Waals surface area contributed by atoms with Crippen LogP contribution in [0.4, 0.5) is 13.2 Å². The van der Waals surface area contributed by atoms with Crippen molar-refractivity contribution < 1.29 is 17.9 Å². The van der Waals surface area contributed by atoms with Gasteiger partial charge in [-0.1, -0.05) is 30.3 Å². The second kappa shape index (κ2) is 6.76. The highest BCUT2D eigenvalue weighted by atomic mass is 19.4. The number of halogens is 3. The van der Waals surface area contributed by atoms with Crippen LogP contribution in [0.5, 0.6) is 0 Å². The van der Waals surface area contributed by atoms with Crippen molar-refractivity contribution in [3.8, 4) is 11.3 Å². The standard InChI is InChI=1S/C17H17F3N2O2/c18-17(19,20)14-10-15(12-6-2-1-3-7-12)21-22(16(14)23)11-13-8-4-5-9-24-13/h1-3,6-7,10,13H,4-5,8-9,11H2/t13-/m0/s1. The van der Waals surface area contributed by atoms with Crippen LogP contribution in [0.25, 0.3) is 11.3 Å². The van der Waals surface area contributed by atoms with Crippen molar-refractivity contribution >= 4 is 0 Å². The molecule has 0 aliphatic carbocycles. The molecule has 7 heteroatoms. The third kappa shape index (κ3) is 3.67. The van der Waals surface area contributed by atoms with Gasteiger partial charge in [-0.3, -0.25) is 4.79 Å². The van der Waals surface area contributed by atoms with Gasteiger partial charge in [0.05, 0.1) is 18.3 Å². The molecule has 0 N–H and O–H groups in total. The topological polar surface area (TPSA) is 44.1 Å². The number of benzene rings is 1. The summed E-state index contributed by atoms with van der Waals surface area (Å²) in [6.45, 7) is 0.590. The molecule has 3 rings (SSSR count). The molecule has 1 saturated heterocycles. The van der Waals surface area contributed by atoms with Crippen molar-refractivity contribution in [1.29, 1.82) is 0 Å². The molecule has 0 amide bonds. The van der Waals surface area contributed by atoms with Crippen LogP contribution in [0.2, 0.25) is 0 Å². The third-order valence-electron chi connectivity index (χ3n) is 4.00. The number of rotatable bonds is 3. The lowest BCUT2D eigenvalue weighted by Gasteiger charge is -2.23. The van der Waals surface area contributed by atoms with Crippen LogP contribution in [0.3, 0.4) is 0 Å². The molecule has 1 aliphatic heterocycles. The summed E-state index contributed by atoms with van der Waals surface area (Å²) in [5, 5.41) is 4.13. The second-order valence-electron chi connectivity index (χ2n) is 5.78. The molecule has 2 aromatic rings. The highest BCUT2D eigenvalue weighted by molar-refractivity contribution is 5.59. The molecule has 1 aromatic carbocycles. The van der Waals surface area contributed by atoms with Crippen LogP contribution in [0, 0.1) is 0 Å². The molecular weight excluding hydrogens is 321 g/mol. The van der Waals surface area contributed by atoms with Gasteiger partial charge in [0.2, 0.25) is 0 Å². The van der Waals surface area contributed by atoms with E-state index in [1.54, 1.807) is 30.3 Å². The minimum atomic E-state index is -4.72. The van der Waals surface area contributed by atoms with E-state index in [9.17, 15) is 18.0 Å². The molecule has 24 heavy (non-hydrogen) atoms. The van der Waals surface area contributed by atoms with Gasteiger partial charge in [0.15, 0.2) is 0 Å². The zero-order valence-electron chi connectivity index (χ0n) is 12.9. The van der Waals surface area contributed by atoms with Gasteiger partial charge in [-0.25, -0.2) is 4.68 Å². The minimum absolute atomic E-state index is 0.0303. The molecule has 0 saturated carbocycles. The fraction of sp³-hybridized carbons (Fsp3) is 0.412. The summed E-state index contributed by atoms with van der Waals surface area (Å²) in [5.41, 5.74) is -1.68. The largest absolute Gasteiger partial charge is 0.421 e. The zero-order chi connectivity index (χ0) is 17.2. The number of aromatic nitrogens is 2. The lowest BCUT2D eigenvalue weighted by Crippen LogP contribution is -2.36. The first-order chi connectivity index (χ1) is 11.4. The van der Waals surface area contributed by atoms with Crippen molar-refractivity contribution in [1.82, 2.24) is 9.78 Å². The van der Waals surface area contributed by atoms with E-state index in [4.69, 9.17) is 4.74 Å². The first-order valence-electron chi connectivity index (χ1n) is 7.81. The second-order valence-corrected chi connectivity index (χ2v) is 5.78. The summed E-state index contributed by atoms with van der Waals surface area (Å²) < 4.78 is 46.1. The van der Waals surface area contributed by atoms with E-state index in [1.165, 1.54) is 0 Å². The normalized spacial score (nSPS) is 18.5. The highest BCUT2D eigenvalue weighted by Gasteiger charge is 2.36. The minimum Gasteiger partial charge on any atom is -0.376 e. The molecule has 1 fully saturated rings. The summed E-state index contributed by atoms with van der Waals surface area (Å²) in [6.07, 6.45) is -2.43. The number of nitrogens with zero attached hydrogens (tertiary/aromatic N) is 2. The molecular formula is C17H17F3N2O2. The van der Waals surface area contributed by atoms with Crippen LogP contribution in [0.15, 0.2) is 41.2 Å². The number of alkyl halides is 3. The fourth-order valence-corrected chi connectivity index (χ4v) is 2.76. The maximum Gasteiger partial charge on any atom is 0.421 e. The quantitative estimate of drug-likeness (QED) is 0.860. The average molecular weight is 338 g/mol. The van der Waals surface area contributed by atoms with Gasteiger partial charge in [-0.2, -0.15) is 18.3 Å². The summed E-state index contributed by atoms with van der Waals surface area (Å²) in [7, 11) is 0. The van der Waals surface area contributed by atoms with Gasteiger partial charge in [-0.05, 0) is 25.3 Å². The predicted octanol–water partition coefficient (Wildman–Crippen LogP) is 3.50. The molecule has 2 heterocycles. The van der Waals surface area contributed by atoms with Gasteiger partial charge in [0.25, 0.3) is 5.56 Å². The summed E-state index contributed by atoms with van der Waals surface area (Å²) in [5.74, 6) is 0. The molecule has 0 unspecified atom stereocenters. The SMILES string of the molecule is O=c1c(C(F)(F)F)cc(-c2ccccc2)nn1C[C@@H]1CCCCO1. The van der Waals surface area contributed by atoms with E-state index in [2.05, 4.69) is 5.10 Å². The van der Waals surface area contributed by atoms with Crippen molar-refractivity contribution in [3.63, 3.8) is 0 Å². The Morgan fingerprint density at radius 2 is 1.96 bits per heavy atom. The van der Waals surface area contributed by atoms with E-state index in [1.807, 2.05) is 0 Å². The maximum absolute atomic E-state index is 13.2. The molecule has 128 valence electrons. The van der Waals surface area contributed by atoms with E-state index in [-0.39, 0.29) is 18.3 Å². The molecule has 0 radical (unpaired) electrons. The van der Waals surface area contributed by atoms with Crippen LogP contribution < -0.4 is 5.56 Å². The Morgan fingerprint density at radius 3 is 2.58 bits per heavy atom. The molecule has 4 nitrogen and oxygen atoms in total. The first kappa shape index (κ1) is 16.7. The van der Waals surface area contributed by atoms with Crippen LogP contribution in [-0.4, -0.2) is 22.5 Å². The Kier molecular flexibility index (Phi) is 4.71. The number of ether oxygens (including phenoxy) is 1. The van der Waals surface area contributed by atoms with Crippen molar-refractivity contribution in [2.45, 2.75) is 38.1 Å². The van der Waals surface area contributed by atoms with Gasteiger partial charge < -0.3 is 4.74 Å². The van der Waals surface area contributed by atoms with Crippen molar-refractivity contribution in [2.24, 2.45) is 0 Å². The first-order valence-corrected chi connectivity index (χ1v) is 7.81. The van der Waals surface area contributed by atoms with E-state index >= 15 is 0 Å². The fourth-order valence-electron chi connectivity index (χ4n) is 2.76. The summed E-state index contributed by atoms with van der Waals surface area (Å²) >= 11 is 0. The van der Waals surface area contributed by atoms with Crippen LogP contribution in [0.1, 0.15) is 24.8 Å². The zero-order valence-corrected chi connectivity index (χ0v) is 12.9. The Hall–Kier alpha value is -2.15. The Morgan fingerprint density at radius 1 is 1.21 bits per heavy atom. The smallest absolute Gasteiger partial charge is 0.376 e. The van der Waals surface area contributed by atoms with Gasteiger partial charge in [0, 0.05) is 12.2 Å². The molecule has 1 aromatic heterocycles. The summed E-state index contributed by atoms with van der Waals surface area (Å²) in [6, 6.07) is 9.33. The molecule has 0 bridgehead atoms. The summed E-state index contributed by atoms with van der Waals surface area (Å²) in [4.78, 5) is 12.2. The van der Waals surface area contributed by atoms with E-state index in [0.29, 0.717) is 18.6 Å². The predicted molar refractivity (Wildman–Crippen MR) is 82.5 cm³/mol. The van der Waals surface area contributed by atoms with Gasteiger partial charge in [0.1, 0.15) is 5.56 Å². The Bertz CT molecular complexity index is 751. The van der Waals surface area contributed by atoms with Crippen LogP contribution in [-0.2, 0) is 17.5 Å². The average Bonchev–Trinajstić information content (AvgIpc) is 2.57.